The number of aromatic nitrogens is 5. The van der Waals surface area contributed by atoms with Gasteiger partial charge in [-0.15, -0.1) is 0 Å². The predicted molar refractivity (Wildman–Crippen MR) is 149 cm³/mol. The second-order valence-corrected chi connectivity index (χ2v) is 8.90. The van der Waals surface area contributed by atoms with Gasteiger partial charge in [0.2, 0.25) is 0 Å². The molecule has 0 aliphatic carbocycles. The van der Waals surface area contributed by atoms with Gasteiger partial charge in [0.05, 0.1) is 5.69 Å². The molecule has 0 saturated carbocycles. The van der Waals surface area contributed by atoms with Gasteiger partial charge in [0.1, 0.15) is 0 Å². The van der Waals surface area contributed by atoms with E-state index < -0.39 is 0 Å². The first-order valence-corrected chi connectivity index (χ1v) is 12.2. The van der Waals surface area contributed by atoms with Crippen molar-refractivity contribution in [2.24, 2.45) is 0 Å². The fourth-order valence-corrected chi connectivity index (χ4v) is 4.68. The quantitative estimate of drug-likeness (QED) is 0.285. The topological polar surface area (TPSA) is 67.3 Å². The molecule has 0 aliphatic rings. The number of H-pyrrole nitrogens is 1. The summed E-state index contributed by atoms with van der Waals surface area (Å²) in [6.07, 6.45) is 1.81. The normalized spacial score (nSPS) is 11.2. The molecule has 0 bridgehead atoms. The van der Waals surface area contributed by atoms with Crippen LogP contribution in [0.4, 0.5) is 0 Å². The Morgan fingerprint density at radius 3 is 1.73 bits per heavy atom. The molecule has 37 heavy (non-hydrogen) atoms. The van der Waals surface area contributed by atoms with Gasteiger partial charge < -0.3 is 4.98 Å². The summed E-state index contributed by atoms with van der Waals surface area (Å²) in [6, 6.07) is 38.8. The van der Waals surface area contributed by atoms with Crippen LogP contribution in [0.15, 0.2) is 121 Å². The van der Waals surface area contributed by atoms with Crippen LogP contribution < -0.4 is 0 Å². The molecule has 0 spiro atoms. The number of benzene rings is 4. The summed E-state index contributed by atoms with van der Waals surface area (Å²) in [6.45, 7) is 0. The van der Waals surface area contributed by atoms with Crippen molar-refractivity contribution in [1.29, 1.82) is 0 Å². The Kier molecular flexibility index (Phi) is 5.03. The average Bonchev–Trinajstić information content (AvgIpc) is 3.36. The summed E-state index contributed by atoms with van der Waals surface area (Å²) >= 11 is 0. The van der Waals surface area contributed by atoms with Gasteiger partial charge in [0, 0.05) is 50.3 Å². The lowest BCUT2D eigenvalue weighted by Gasteiger charge is -2.09. The van der Waals surface area contributed by atoms with E-state index in [9.17, 15) is 0 Å². The van der Waals surface area contributed by atoms with Gasteiger partial charge in [-0.05, 0) is 24.3 Å². The number of hydrogen-bond acceptors (Lipinski definition) is 4. The van der Waals surface area contributed by atoms with Crippen LogP contribution in [0.1, 0.15) is 0 Å². The SMILES string of the molecule is c1ccc(-c2nc(-c3ccccc3)nc(-c3ccnc(-c4ccc5c(c4)[nH]c4ccccc45)c3)n2)cc1. The molecule has 1 N–H and O–H groups in total. The smallest absolute Gasteiger partial charge is 0.164 e. The fourth-order valence-electron chi connectivity index (χ4n) is 4.68. The molecule has 0 radical (unpaired) electrons. The highest BCUT2D eigenvalue weighted by Crippen LogP contribution is 2.31. The zero-order valence-electron chi connectivity index (χ0n) is 19.8. The van der Waals surface area contributed by atoms with Gasteiger partial charge in [-0.3, -0.25) is 4.98 Å². The highest BCUT2D eigenvalue weighted by Gasteiger charge is 2.13. The van der Waals surface area contributed by atoms with Crippen LogP contribution in [0.2, 0.25) is 0 Å². The molecule has 7 aromatic rings. The largest absolute Gasteiger partial charge is 0.354 e. The lowest BCUT2D eigenvalue weighted by Crippen LogP contribution is -2.00. The Morgan fingerprint density at radius 2 is 1.03 bits per heavy atom. The lowest BCUT2D eigenvalue weighted by atomic mass is 10.1. The van der Waals surface area contributed by atoms with Crippen molar-refractivity contribution in [3.8, 4) is 45.4 Å². The molecule has 0 saturated heterocycles. The molecule has 4 aromatic carbocycles. The second kappa shape index (κ2) is 8.81. The Bertz CT molecular complexity index is 1820. The van der Waals surface area contributed by atoms with Crippen LogP contribution in [0.5, 0.6) is 0 Å². The summed E-state index contributed by atoms with van der Waals surface area (Å²) in [5.74, 6) is 1.90. The Morgan fingerprint density at radius 1 is 0.432 bits per heavy atom. The molecular formula is C32H21N5. The molecule has 5 heteroatoms. The van der Waals surface area contributed by atoms with Gasteiger partial charge in [-0.25, -0.2) is 15.0 Å². The predicted octanol–water partition coefficient (Wildman–Crippen LogP) is 7.57. The first-order valence-electron chi connectivity index (χ1n) is 12.2. The first kappa shape index (κ1) is 21.1. The number of aromatic amines is 1. The first-order chi connectivity index (χ1) is 18.3. The second-order valence-electron chi connectivity index (χ2n) is 8.90. The highest BCUT2D eigenvalue weighted by molar-refractivity contribution is 6.08. The van der Waals surface area contributed by atoms with E-state index in [2.05, 4.69) is 46.4 Å². The van der Waals surface area contributed by atoms with E-state index >= 15 is 0 Å². The van der Waals surface area contributed by atoms with Crippen molar-refractivity contribution in [2.75, 3.05) is 0 Å². The summed E-state index contributed by atoms with van der Waals surface area (Å²) in [5.41, 5.74) is 6.89. The third kappa shape index (κ3) is 3.93. The number of nitrogens with zero attached hydrogens (tertiary/aromatic N) is 4. The molecule has 174 valence electrons. The molecule has 0 amide bonds. The van der Waals surface area contributed by atoms with Crippen LogP contribution in [-0.2, 0) is 0 Å². The third-order valence-electron chi connectivity index (χ3n) is 6.52. The van der Waals surface area contributed by atoms with Crippen LogP contribution in [0.25, 0.3) is 67.2 Å². The minimum absolute atomic E-state index is 0.614. The van der Waals surface area contributed by atoms with Gasteiger partial charge in [-0.1, -0.05) is 91.0 Å². The Hall–Kier alpha value is -5.16. The van der Waals surface area contributed by atoms with E-state index in [-0.39, 0.29) is 0 Å². The summed E-state index contributed by atoms with van der Waals surface area (Å²) in [5, 5.41) is 2.42. The maximum atomic E-state index is 4.86. The van der Waals surface area contributed by atoms with Gasteiger partial charge in [0.25, 0.3) is 0 Å². The zero-order chi connectivity index (χ0) is 24.6. The molecular weight excluding hydrogens is 454 g/mol. The average molecular weight is 476 g/mol. The molecule has 0 atom stereocenters. The van der Waals surface area contributed by atoms with E-state index in [0.29, 0.717) is 17.5 Å². The number of hydrogen-bond donors (Lipinski definition) is 1. The van der Waals surface area contributed by atoms with Crippen molar-refractivity contribution >= 4 is 21.8 Å². The summed E-state index contributed by atoms with van der Waals surface area (Å²) < 4.78 is 0. The van der Waals surface area contributed by atoms with E-state index in [1.165, 1.54) is 10.8 Å². The molecule has 3 aromatic heterocycles. The highest BCUT2D eigenvalue weighted by atomic mass is 15.0. The van der Waals surface area contributed by atoms with Crippen molar-refractivity contribution in [2.45, 2.75) is 0 Å². The maximum absolute atomic E-state index is 4.86. The van der Waals surface area contributed by atoms with E-state index in [0.717, 1.165) is 39.0 Å². The third-order valence-corrected chi connectivity index (χ3v) is 6.52. The Balaban J connectivity index is 1.35. The zero-order valence-corrected chi connectivity index (χ0v) is 19.8. The monoisotopic (exact) mass is 475 g/mol. The minimum atomic E-state index is 0.614. The van der Waals surface area contributed by atoms with Gasteiger partial charge >= 0.3 is 0 Å². The number of pyridine rings is 1. The van der Waals surface area contributed by atoms with Crippen molar-refractivity contribution < 1.29 is 0 Å². The molecule has 0 unspecified atom stereocenters. The van der Waals surface area contributed by atoms with E-state index in [1.807, 2.05) is 85.1 Å². The molecule has 0 aliphatic heterocycles. The molecule has 3 heterocycles. The van der Waals surface area contributed by atoms with Crippen LogP contribution in [-0.4, -0.2) is 24.9 Å². The lowest BCUT2D eigenvalue weighted by molar-refractivity contribution is 1.07. The minimum Gasteiger partial charge on any atom is -0.354 e. The fraction of sp³-hybridized carbons (Fsp3) is 0. The molecule has 5 nitrogen and oxygen atoms in total. The Labute approximate surface area is 213 Å². The number of para-hydroxylation sites is 1. The number of fused-ring (bicyclic) bond motifs is 3. The molecule has 7 rings (SSSR count). The van der Waals surface area contributed by atoms with Crippen LogP contribution in [0.3, 0.4) is 0 Å². The van der Waals surface area contributed by atoms with E-state index in [1.54, 1.807) is 0 Å². The van der Waals surface area contributed by atoms with Gasteiger partial charge in [-0.2, -0.15) is 0 Å². The van der Waals surface area contributed by atoms with Gasteiger partial charge in [0.15, 0.2) is 17.5 Å². The van der Waals surface area contributed by atoms with Crippen LogP contribution in [0, 0.1) is 0 Å². The van der Waals surface area contributed by atoms with Crippen molar-refractivity contribution in [1.82, 2.24) is 24.9 Å². The number of nitrogens with one attached hydrogen (secondary N) is 1. The van der Waals surface area contributed by atoms with Crippen molar-refractivity contribution in [3.05, 3.63) is 121 Å². The summed E-state index contributed by atoms with van der Waals surface area (Å²) in [4.78, 5) is 22.7. The van der Waals surface area contributed by atoms with Crippen LogP contribution >= 0.6 is 0 Å². The standard InChI is InChI=1S/C32H21N5/c1-3-9-21(10-4-1)30-35-31(22-11-5-2-6-12-22)37-32(36-30)24-17-18-33-28(20-24)23-15-16-26-25-13-7-8-14-27(25)34-29(26)19-23/h1-20,34H. The van der Waals surface area contributed by atoms with Crippen molar-refractivity contribution in [3.63, 3.8) is 0 Å². The maximum Gasteiger partial charge on any atom is 0.164 e. The molecule has 0 fully saturated rings. The van der Waals surface area contributed by atoms with E-state index in [4.69, 9.17) is 15.0 Å². The number of rotatable bonds is 4. The summed E-state index contributed by atoms with van der Waals surface area (Å²) in [7, 11) is 0.